The van der Waals surface area contributed by atoms with Crippen LogP contribution in [-0.4, -0.2) is 97.5 Å². The number of aliphatic hydroxyl groups is 3. The summed E-state index contributed by atoms with van der Waals surface area (Å²) in [5, 5.41) is 30.8. The predicted octanol–water partition coefficient (Wildman–Crippen LogP) is 13.5. The van der Waals surface area contributed by atoms with Gasteiger partial charge in [0.15, 0.2) is 6.29 Å². The van der Waals surface area contributed by atoms with Crippen LogP contribution in [0.3, 0.4) is 0 Å². The molecule has 12 nitrogen and oxygen atoms in total. The molecule has 0 aromatic carbocycles. The van der Waals surface area contributed by atoms with E-state index in [1.165, 1.54) is 51.4 Å². The molecule has 1 aliphatic heterocycles. The van der Waals surface area contributed by atoms with Crippen molar-refractivity contribution in [2.24, 2.45) is 0 Å². The van der Waals surface area contributed by atoms with Crippen molar-refractivity contribution in [2.75, 3.05) is 26.4 Å². The van der Waals surface area contributed by atoms with E-state index in [2.05, 4.69) is 127 Å². The molecule has 4 N–H and O–H groups in total. The van der Waals surface area contributed by atoms with Gasteiger partial charge in [0.05, 0.1) is 19.8 Å². The summed E-state index contributed by atoms with van der Waals surface area (Å²) in [4.78, 5) is 13.0. The molecule has 0 aromatic heterocycles. The molecule has 0 bridgehead atoms. The lowest BCUT2D eigenvalue weighted by Crippen LogP contribution is -2.60. The summed E-state index contributed by atoms with van der Waals surface area (Å²) >= 11 is 0. The second kappa shape index (κ2) is 48.7. The summed E-state index contributed by atoms with van der Waals surface area (Å²) in [6, 6.07) is 0. The molecular formula is C59H98O12S. The monoisotopic (exact) mass is 1030 g/mol. The molecule has 0 aliphatic carbocycles. The number of hydrogen-bond donors (Lipinski definition) is 4. The lowest BCUT2D eigenvalue weighted by Gasteiger charge is -2.41. The Bertz CT molecular complexity index is 1660. The fourth-order valence-electron chi connectivity index (χ4n) is 7.81. The van der Waals surface area contributed by atoms with Crippen molar-refractivity contribution in [1.82, 2.24) is 0 Å². The number of allylic oxidation sites excluding steroid dienone is 18. The van der Waals surface area contributed by atoms with Crippen molar-refractivity contribution in [2.45, 2.75) is 230 Å². The minimum atomic E-state index is -5.08. The zero-order valence-electron chi connectivity index (χ0n) is 44.4. The van der Waals surface area contributed by atoms with Gasteiger partial charge < -0.3 is 34.3 Å². The lowest BCUT2D eigenvalue weighted by atomic mass is 9.99. The predicted molar refractivity (Wildman–Crippen MR) is 294 cm³/mol. The molecular weight excluding hydrogens is 933 g/mol. The van der Waals surface area contributed by atoms with E-state index in [0.29, 0.717) is 13.0 Å². The average molecular weight is 1030 g/mol. The SMILES string of the molecule is CC/C=C\C/C=C\C/C=C\C/C=C\C/C=C\CCCCCCCCCCCC(=O)OC(COCCCCCCCCC/C=C\C/C=C\C/C=C\C/C=C\CC)COC1OC(CO)C(O)C(OS(=O)(=O)O)C1O. The van der Waals surface area contributed by atoms with Crippen LogP contribution in [0.4, 0.5) is 0 Å². The minimum Gasteiger partial charge on any atom is -0.457 e. The maximum atomic E-state index is 13.0. The molecule has 1 saturated heterocycles. The maximum absolute atomic E-state index is 13.0. The van der Waals surface area contributed by atoms with Crippen molar-refractivity contribution in [3.63, 3.8) is 0 Å². The summed E-state index contributed by atoms with van der Waals surface area (Å²) in [6.45, 7) is 3.73. The van der Waals surface area contributed by atoms with Crippen molar-refractivity contribution in [1.29, 1.82) is 0 Å². The van der Waals surface area contributed by atoms with Gasteiger partial charge in [-0.2, -0.15) is 8.42 Å². The minimum absolute atomic E-state index is 0.0190. The van der Waals surface area contributed by atoms with Gasteiger partial charge in [0, 0.05) is 13.0 Å². The van der Waals surface area contributed by atoms with Gasteiger partial charge in [-0.15, -0.1) is 0 Å². The van der Waals surface area contributed by atoms with Crippen molar-refractivity contribution in [3.05, 3.63) is 109 Å². The highest BCUT2D eigenvalue weighted by Crippen LogP contribution is 2.26. The van der Waals surface area contributed by atoms with E-state index >= 15 is 0 Å². The van der Waals surface area contributed by atoms with E-state index in [0.717, 1.165) is 116 Å². The fraction of sp³-hybridized carbons (Fsp3) is 0.678. The molecule has 1 fully saturated rings. The molecule has 0 radical (unpaired) electrons. The first-order valence-electron chi connectivity index (χ1n) is 27.6. The summed E-state index contributed by atoms with van der Waals surface area (Å²) in [5.74, 6) is -0.414. The Balaban J connectivity index is 2.34. The second-order valence-electron chi connectivity index (χ2n) is 18.4. The Morgan fingerprint density at radius 3 is 1.33 bits per heavy atom. The summed E-state index contributed by atoms with van der Waals surface area (Å²) < 4.78 is 59.4. The second-order valence-corrected chi connectivity index (χ2v) is 19.5. The van der Waals surface area contributed by atoms with Gasteiger partial charge in [-0.05, 0) is 96.3 Å². The van der Waals surface area contributed by atoms with Crippen molar-refractivity contribution < 1.29 is 56.2 Å². The van der Waals surface area contributed by atoms with E-state index in [1.807, 2.05) is 0 Å². The third kappa shape index (κ3) is 41.1. The van der Waals surface area contributed by atoms with Crippen LogP contribution in [0.1, 0.15) is 194 Å². The average Bonchev–Trinajstić information content (AvgIpc) is 3.36. The van der Waals surface area contributed by atoms with Crippen LogP contribution in [0, 0.1) is 0 Å². The molecule has 1 rings (SSSR count). The summed E-state index contributed by atoms with van der Waals surface area (Å²) in [5.41, 5.74) is 0. The van der Waals surface area contributed by atoms with Gasteiger partial charge in [-0.25, -0.2) is 4.18 Å². The van der Waals surface area contributed by atoms with Crippen molar-refractivity contribution >= 4 is 16.4 Å². The first kappa shape index (κ1) is 66.8. The largest absolute Gasteiger partial charge is 0.457 e. The van der Waals surface area contributed by atoms with Crippen LogP contribution < -0.4 is 0 Å². The van der Waals surface area contributed by atoms with Gasteiger partial charge in [-0.3, -0.25) is 9.35 Å². The molecule has 1 heterocycles. The molecule has 72 heavy (non-hydrogen) atoms. The number of hydrogen-bond acceptors (Lipinski definition) is 11. The number of unbranched alkanes of at least 4 members (excludes halogenated alkanes) is 16. The molecule has 412 valence electrons. The molecule has 0 saturated carbocycles. The van der Waals surface area contributed by atoms with Crippen LogP contribution in [0.25, 0.3) is 0 Å². The zero-order chi connectivity index (χ0) is 52.4. The number of carbonyl (C=O) groups is 1. The number of ether oxygens (including phenoxy) is 4. The molecule has 0 spiro atoms. The van der Waals surface area contributed by atoms with Crippen LogP contribution in [-0.2, 0) is 38.3 Å². The standard InChI is InChI=1S/C59H98O12S/c1-3-5-7-9-11-13-15-17-19-21-23-25-26-27-28-29-30-32-34-36-38-40-42-44-46-48-55(61)69-53(52-68-59-57(63)58(71-72(64,65)66)56(62)54(50-60)70-59)51-67-49-47-45-43-41-39-37-35-33-31-24-22-20-18-16-14-12-10-8-6-4-2/h5-8,11-14,17-20,23-25,27-28,31,53-54,56-60,62-63H,3-4,9-10,15-16,21-22,26,29-30,32-52H2,1-2H3,(H,64,65,66)/b7-5-,8-6-,13-11-,14-12-,19-17-,20-18-,25-23-,28-27-,31-24-. The summed E-state index contributed by atoms with van der Waals surface area (Å²) in [6.07, 6.45) is 59.7. The van der Waals surface area contributed by atoms with Gasteiger partial charge in [0.25, 0.3) is 0 Å². The van der Waals surface area contributed by atoms with E-state index in [1.54, 1.807) is 0 Å². The molecule has 0 aromatic rings. The zero-order valence-corrected chi connectivity index (χ0v) is 45.3. The van der Waals surface area contributed by atoms with E-state index in [9.17, 15) is 33.1 Å². The number of rotatable bonds is 47. The topological polar surface area (TPSA) is 178 Å². The Morgan fingerprint density at radius 2 is 0.917 bits per heavy atom. The Morgan fingerprint density at radius 1 is 0.528 bits per heavy atom. The number of aliphatic hydroxyl groups excluding tert-OH is 3. The van der Waals surface area contributed by atoms with Crippen LogP contribution >= 0.6 is 0 Å². The van der Waals surface area contributed by atoms with E-state index in [4.69, 9.17) is 18.9 Å². The van der Waals surface area contributed by atoms with Gasteiger partial charge in [-0.1, -0.05) is 200 Å². The molecule has 0 amide bonds. The molecule has 6 atom stereocenters. The Kier molecular flexibility index (Phi) is 45.2. The fourth-order valence-corrected chi connectivity index (χ4v) is 8.32. The highest BCUT2D eigenvalue weighted by atomic mass is 32.3. The quantitative estimate of drug-likeness (QED) is 0.0197. The van der Waals surface area contributed by atoms with E-state index in [-0.39, 0.29) is 19.6 Å². The lowest BCUT2D eigenvalue weighted by molar-refractivity contribution is -0.301. The Hall–Kier alpha value is -3.24. The van der Waals surface area contributed by atoms with Crippen molar-refractivity contribution in [3.8, 4) is 0 Å². The van der Waals surface area contributed by atoms with E-state index < -0.39 is 59.8 Å². The number of esters is 1. The normalized spacial score (nSPS) is 19.8. The number of carbonyl (C=O) groups excluding carboxylic acids is 1. The smallest absolute Gasteiger partial charge is 0.397 e. The van der Waals surface area contributed by atoms with Crippen LogP contribution in [0.15, 0.2) is 109 Å². The van der Waals surface area contributed by atoms with Gasteiger partial charge >= 0.3 is 16.4 Å². The van der Waals surface area contributed by atoms with Gasteiger partial charge in [0.1, 0.15) is 30.5 Å². The maximum Gasteiger partial charge on any atom is 0.397 e. The third-order valence-corrected chi connectivity index (χ3v) is 12.4. The third-order valence-electron chi connectivity index (χ3n) is 11.9. The molecule has 6 unspecified atom stereocenters. The highest BCUT2D eigenvalue weighted by Gasteiger charge is 2.48. The van der Waals surface area contributed by atoms with Crippen LogP contribution in [0.2, 0.25) is 0 Å². The first-order chi connectivity index (χ1) is 35.1. The first-order valence-corrected chi connectivity index (χ1v) is 29.0. The summed E-state index contributed by atoms with van der Waals surface area (Å²) in [7, 11) is -5.08. The Labute approximate surface area is 437 Å². The van der Waals surface area contributed by atoms with Crippen LogP contribution in [0.5, 0.6) is 0 Å². The van der Waals surface area contributed by atoms with Gasteiger partial charge in [0.2, 0.25) is 0 Å². The molecule has 1 aliphatic rings. The molecule has 13 heteroatoms. The highest BCUT2D eigenvalue weighted by molar-refractivity contribution is 7.80.